The van der Waals surface area contributed by atoms with Crippen molar-refractivity contribution in [1.82, 2.24) is 30.0 Å². The van der Waals surface area contributed by atoms with Crippen LogP contribution in [0.1, 0.15) is 66.0 Å². The van der Waals surface area contributed by atoms with E-state index in [0.29, 0.717) is 23.5 Å². The molecule has 3 N–H and O–H groups in total. The van der Waals surface area contributed by atoms with Crippen molar-refractivity contribution in [2.45, 2.75) is 75.7 Å². The molecule has 5 atom stereocenters. The molecule has 6 rings (SSSR count). The van der Waals surface area contributed by atoms with Gasteiger partial charge in [-0.25, -0.2) is 4.39 Å². The van der Waals surface area contributed by atoms with E-state index in [1.54, 1.807) is 23.8 Å². The number of rotatable bonds is 6. The number of nitrogens with zero attached hydrogens (tertiary/aromatic N) is 8. The van der Waals surface area contributed by atoms with Gasteiger partial charge < -0.3 is 29.7 Å². The number of ether oxygens (including phenoxy) is 2. The van der Waals surface area contributed by atoms with Gasteiger partial charge in [0, 0.05) is 33.7 Å². The zero-order chi connectivity index (χ0) is 33.0. The number of β-amino-alcohol motifs (C(OH)–C–C–N with tert-alkyl or cyclic N) is 1. The minimum Gasteiger partial charge on any atom is -0.459 e. The van der Waals surface area contributed by atoms with Crippen LogP contribution in [-0.4, -0.2) is 98.9 Å². The minimum absolute atomic E-state index is 0.0105. The lowest BCUT2D eigenvalue weighted by atomic mass is 9.72. The summed E-state index contributed by atoms with van der Waals surface area (Å²) < 4.78 is 56.3. The van der Waals surface area contributed by atoms with E-state index >= 15 is 0 Å². The molecule has 0 spiro atoms. The predicted molar refractivity (Wildman–Crippen MR) is 156 cm³/mol. The number of hydrogen-bond donors (Lipinski definition) is 2. The first kappa shape index (κ1) is 26.0. The Hall–Kier alpha value is -3.45. The van der Waals surface area contributed by atoms with Crippen molar-refractivity contribution in [3.8, 4) is 23.7 Å². The van der Waals surface area contributed by atoms with Crippen LogP contribution in [0.4, 0.5) is 15.3 Å². The summed E-state index contributed by atoms with van der Waals surface area (Å²) in [7, 11) is 1.65. The number of alkyl halides is 1. The van der Waals surface area contributed by atoms with Gasteiger partial charge in [0.15, 0.2) is 0 Å². The standard InChI is InChI=1S/C28H36FN9O4S/c1-15(18-10-16(29)12-37(18)4)41-26-34-22(33-25(35-26)38-8-9-40-14-27(2,39)13-38)23-32-24(42-36-23)28(3)7-5-6-19-20(28)17(11-30)21(31)43-19/h15-16,18,39H,5-10,12-14,31H2,1-4H3/t15?,16-,18+,27+,28+/m1/s1/i1D3. The number of anilines is 2. The molecule has 1 aliphatic carbocycles. The fraction of sp³-hybridized carbons (Fsp3) is 0.643. The predicted octanol–water partition coefficient (Wildman–Crippen LogP) is 2.48. The normalized spacial score (nSPS) is 30.0. The number of likely N-dealkylation sites (tertiary alicyclic amines) is 1. The number of aliphatic hydroxyl groups is 1. The highest BCUT2D eigenvalue weighted by Gasteiger charge is 2.43. The molecule has 230 valence electrons. The van der Waals surface area contributed by atoms with E-state index in [2.05, 4.69) is 31.2 Å². The maximum atomic E-state index is 14.3. The Bertz CT molecular complexity index is 1650. The molecule has 0 radical (unpaired) electrons. The molecule has 3 aliphatic rings. The molecule has 0 saturated carbocycles. The smallest absolute Gasteiger partial charge is 0.322 e. The molecule has 0 amide bonds. The van der Waals surface area contributed by atoms with Crippen molar-refractivity contribution < 1.29 is 27.6 Å². The monoisotopic (exact) mass is 616 g/mol. The molecule has 2 aliphatic heterocycles. The van der Waals surface area contributed by atoms with Crippen LogP contribution in [0.25, 0.3) is 11.6 Å². The summed E-state index contributed by atoms with van der Waals surface area (Å²) >= 11 is 1.39. The third-order valence-electron chi connectivity index (χ3n) is 8.32. The van der Waals surface area contributed by atoms with Gasteiger partial charge in [0.1, 0.15) is 28.9 Å². The average Bonchev–Trinajstić information content (AvgIpc) is 3.66. The largest absolute Gasteiger partial charge is 0.459 e. The maximum Gasteiger partial charge on any atom is 0.322 e. The van der Waals surface area contributed by atoms with Crippen molar-refractivity contribution in [2.75, 3.05) is 50.5 Å². The van der Waals surface area contributed by atoms with Crippen LogP contribution in [0.2, 0.25) is 0 Å². The lowest BCUT2D eigenvalue weighted by molar-refractivity contribution is -0.0123. The third kappa shape index (κ3) is 5.64. The Morgan fingerprint density at radius 3 is 2.88 bits per heavy atom. The van der Waals surface area contributed by atoms with Crippen LogP contribution < -0.4 is 15.4 Å². The molecule has 43 heavy (non-hydrogen) atoms. The molecule has 0 bridgehead atoms. The highest BCUT2D eigenvalue weighted by molar-refractivity contribution is 7.16. The van der Waals surface area contributed by atoms with Gasteiger partial charge in [-0.3, -0.25) is 4.90 Å². The quantitative estimate of drug-likeness (QED) is 0.414. The van der Waals surface area contributed by atoms with Gasteiger partial charge in [-0.05, 0) is 53.4 Å². The van der Waals surface area contributed by atoms with Crippen LogP contribution in [0.15, 0.2) is 4.52 Å². The van der Waals surface area contributed by atoms with E-state index in [0.717, 1.165) is 23.3 Å². The lowest BCUT2D eigenvalue weighted by Gasteiger charge is -2.30. The SMILES string of the molecule is [2H]C([2H])([2H])C(Oc1nc(-c2noc([C@@]3(C)CCCc4sc(N)c(C#N)c43)n2)nc(N2CCOC[C@@](C)(O)C2)n1)[C@@H]1C[C@@H](F)CN1C. The first-order valence-corrected chi connectivity index (χ1v) is 15.0. The number of aryl methyl sites for hydroxylation is 1. The minimum atomic E-state index is -2.64. The molecule has 13 nitrogen and oxygen atoms in total. The van der Waals surface area contributed by atoms with Crippen molar-refractivity contribution in [2.24, 2.45) is 0 Å². The molecule has 15 heteroatoms. The average molecular weight is 617 g/mol. The van der Waals surface area contributed by atoms with Gasteiger partial charge >= 0.3 is 6.01 Å². The van der Waals surface area contributed by atoms with Crippen LogP contribution in [0.5, 0.6) is 6.01 Å². The number of fused-ring (bicyclic) bond motifs is 1. The molecule has 3 aromatic rings. The summed E-state index contributed by atoms with van der Waals surface area (Å²) in [5, 5.41) is 25.3. The Morgan fingerprint density at radius 1 is 1.30 bits per heavy atom. The van der Waals surface area contributed by atoms with Gasteiger partial charge in [0.2, 0.25) is 23.5 Å². The van der Waals surface area contributed by atoms with Gasteiger partial charge in [-0.2, -0.15) is 25.2 Å². The molecule has 2 fully saturated rings. The first-order chi connectivity index (χ1) is 21.7. The molecule has 1 unspecified atom stereocenters. The van der Waals surface area contributed by atoms with Crippen molar-refractivity contribution in [3.63, 3.8) is 0 Å². The van der Waals surface area contributed by atoms with Crippen LogP contribution >= 0.6 is 11.3 Å². The summed E-state index contributed by atoms with van der Waals surface area (Å²) in [5.74, 6) is 0.254. The number of aromatic nitrogens is 5. The number of nitrogen functional groups attached to an aromatic ring is 1. The Kier molecular flexibility index (Phi) is 6.79. The Balaban J connectivity index is 1.42. The highest BCUT2D eigenvalue weighted by Crippen LogP contribution is 2.48. The number of halogens is 1. The third-order valence-corrected chi connectivity index (χ3v) is 9.40. The number of nitrogens with two attached hydrogens (primary N) is 1. The van der Waals surface area contributed by atoms with E-state index in [1.165, 1.54) is 11.3 Å². The topological polar surface area (TPSA) is 173 Å². The highest BCUT2D eigenvalue weighted by atomic mass is 32.1. The summed E-state index contributed by atoms with van der Waals surface area (Å²) in [6.07, 6.45) is -0.437. The first-order valence-electron chi connectivity index (χ1n) is 15.7. The zero-order valence-corrected chi connectivity index (χ0v) is 25.0. The van der Waals surface area contributed by atoms with Gasteiger partial charge in [-0.15, -0.1) is 11.3 Å². The lowest BCUT2D eigenvalue weighted by Crippen LogP contribution is -2.42. The van der Waals surface area contributed by atoms with Crippen molar-refractivity contribution in [1.29, 1.82) is 5.26 Å². The van der Waals surface area contributed by atoms with E-state index in [9.17, 15) is 14.8 Å². The van der Waals surface area contributed by atoms with Crippen molar-refractivity contribution >= 4 is 22.3 Å². The molecule has 3 aromatic heterocycles. The van der Waals surface area contributed by atoms with Crippen molar-refractivity contribution in [3.05, 3.63) is 21.9 Å². The van der Waals surface area contributed by atoms with E-state index < -0.39 is 36.2 Å². The summed E-state index contributed by atoms with van der Waals surface area (Å²) in [6, 6.07) is 1.14. The van der Waals surface area contributed by atoms with Gasteiger partial charge in [0.05, 0.1) is 30.7 Å². The van der Waals surface area contributed by atoms with E-state index in [1.807, 2.05) is 6.92 Å². The Labute approximate surface area is 257 Å². The van der Waals surface area contributed by atoms with Crippen LogP contribution in [0, 0.1) is 11.3 Å². The molecule has 5 heterocycles. The second-order valence-electron chi connectivity index (χ2n) is 12.0. The second-order valence-corrected chi connectivity index (χ2v) is 13.1. The number of likely N-dealkylation sites (N-methyl/N-ethyl adjacent to an activating group) is 1. The second kappa shape index (κ2) is 11.2. The Morgan fingerprint density at radius 2 is 2.14 bits per heavy atom. The maximum absolute atomic E-state index is 14.3. The van der Waals surface area contributed by atoms with Gasteiger partial charge in [-0.1, -0.05) is 5.16 Å². The molecule has 2 saturated heterocycles. The molecule has 0 aromatic carbocycles. The van der Waals surface area contributed by atoms with E-state index in [-0.39, 0.29) is 62.2 Å². The number of hydrogen-bond acceptors (Lipinski definition) is 14. The van der Waals surface area contributed by atoms with E-state index in [4.69, 9.17) is 23.8 Å². The summed E-state index contributed by atoms with van der Waals surface area (Å²) in [4.78, 5) is 22.4. The fourth-order valence-corrected chi connectivity index (χ4v) is 7.36. The number of nitriles is 1. The summed E-state index contributed by atoms with van der Waals surface area (Å²) in [5.41, 5.74) is 5.33. The molecular formula is C28H36FN9O4S. The summed E-state index contributed by atoms with van der Waals surface area (Å²) in [6.45, 7) is 1.77. The molecular weight excluding hydrogens is 577 g/mol. The fourth-order valence-electron chi connectivity index (χ4n) is 6.17. The van der Waals surface area contributed by atoms with Crippen LogP contribution in [-0.2, 0) is 16.6 Å². The van der Waals surface area contributed by atoms with Crippen LogP contribution in [0.3, 0.4) is 0 Å². The number of thiophene rings is 1. The van der Waals surface area contributed by atoms with Gasteiger partial charge in [0.25, 0.3) is 0 Å². The zero-order valence-electron chi connectivity index (χ0n) is 27.2.